The van der Waals surface area contributed by atoms with E-state index in [4.69, 9.17) is 9.72 Å². The lowest BCUT2D eigenvalue weighted by Gasteiger charge is -2.25. The van der Waals surface area contributed by atoms with E-state index in [2.05, 4.69) is 85.2 Å². The van der Waals surface area contributed by atoms with E-state index >= 15 is 0 Å². The first kappa shape index (κ1) is 21.5. The Bertz CT molecular complexity index is 1580. The number of hydrogen-bond acceptors (Lipinski definition) is 3. The molecular formula is C31H26N2OSi. The van der Waals surface area contributed by atoms with Crippen molar-refractivity contribution in [3.8, 4) is 33.9 Å². The molecule has 5 aromatic rings. The number of benzene rings is 3. The van der Waals surface area contributed by atoms with Gasteiger partial charge in [0.15, 0.2) is 8.07 Å². The summed E-state index contributed by atoms with van der Waals surface area (Å²) in [5.41, 5.74) is 7.17. The van der Waals surface area contributed by atoms with E-state index in [9.17, 15) is 0 Å². The fraction of sp³-hybridized carbons (Fsp3) is 0.0968. The Labute approximate surface area is 207 Å². The van der Waals surface area contributed by atoms with Gasteiger partial charge < -0.3 is 4.74 Å². The highest BCUT2D eigenvalue weighted by molar-refractivity contribution is 7.13. The third-order valence-corrected chi connectivity index (χ3v) is 11.3. The minimum absolute atomic E-state index is 0.608. The van der Waals surface area contributed by atoms with Crippen LogP contribution in [0.15, 0.2) is 103 Å². The van der Waals surface area contributed by atoms with E-state index in [1.54, 1.807) is 0 Å². The molecule has 1 unspecified atom stereocenters. The molecule has 0 bridgehead atoms. The molecule has 3 heterocycles. The number of pyridine rings is 2. The summed E-state index contributed by atoms with van der Waals surface area (Å²) in [7, 11) is -2.23. The van der Waals surface area contributed by atoms with E-state index in [1.165, 1.54) is 37.9 Å². The summed E-state index contributed by atoms with van der Waals surface area (Å²) in [5.74, 6) is 1.39. The summed E-state index contributed by atoms with van der Waals surface area (Å²) < 4.78 is 6.08. The van der Waals surface area contributed by atoms with Crippen molar-refractivity contribution >= 4 is 23.8 Å². The Morgan fingerprint density at radius 2 is 1.49 bits per heavy atom. The van der Waals surface area contributed by atoms with Gasteiger partial charge in [-0.15, -0.1) is 0 Å². The first-order chi connectivity index (χ1) is 17.0. The van der Waals surface area contributed by atoms with E-state index in [1.807, 2.05) is 43.5 Å². The maximum atomic E-state index is 6.08. The predicted molar refractivity (Wildman–Crippen MR) is 146 cm³/mol. The van der Waals surface area contributed by atoms with Crippen LogP contribution in [0.25, 0.3) is 22.3 Å². The van der Waals surface area contributed by atoms with Gasteiger partial charge in [0.1, 0.15) is 5.75 Å². The Kier molecular flexibility index (Phi) is 5.12. The zero-order valence-electron chi connectivity index (χ0n) is 20.1. The fourth-order valence-electron chi connectivity index (χ4n) is 5.19. The molecule has 170 valence electrons. The van der Waals surface area contributed by atoms with Crippen molar-refractivity contribution in [3.63, 3.8) is 0 Å². The van der Waals surface area contributed by atoms with Gasteiger partial charge in [0, 0.05) is 23.3 Å². The summed E-state index contributed by atoms with van der Waals surface area (Å²) in [4.78, 5) is 9.37. The van der Waals surface area contributed by atoms with Crippen molar-refractivity contribution in [2.45, 2.75) is 20.4 Å². The SMILES string of the molecule is Cc1ccnc([Si]2(C)c3ccccc3-c3ccc(-c4cccc(Oc5cccc(C)n5)c4)cc32)c1. The number of hydrogen-bond donors (Lipinski definition) is 0. The number of rotatable bonds is 4. The van der Waals surface area contributed by atoms with Crippen LogP contribution >= 0.6 is 0 Å². The standard InChI is InChI=1S/C31H26N2OSi/c1-21-16-17-32-31(18-21)35(3)28-12-5-4-11-26(28)27-15-14-24(20-29(27)35)23-9-7-10-25(19-23)34-30-13-6-8-22(2)33-30/h4-20H,1-3H3. The fourth-order valence-corrected chi connectivity index (χ4v) is 9.27. The molecule has 6 rings (SSSR count). The Balaban J connectivity index is 1.46. The number of nitrogens with zero attached hydrogens (tertiary/aromatic N) is 2. The maximum absolute atomic E-state index is 6.08. The molecule has 0 saturated carbocycles. The average molecular weight is 471 g/mol. The van der Waals surface area contributed by atoms with Crippen molar-refractivity contribution in [1.29, 1.82) is 0 Å². The molecule has 0 aliphatic carbocycles. The number of fused-ring (bicyclic) bond motifs is 3. The third kappa shape index (κ3) is 3.67. The zero-order valence-corrected chi connectivity index (χ0v) is 21.1. The molecule has 2 aromatic heterocycles. The van der Waals surface area contributed by atoms with Crippen molar-refractivity contribution in [1.82, 2.24) is 9.97 Å². The summed E-state index contributed by atoms with van der Waals surface area (Å²) in [6.07, 6.45) is 1.95. The average Bonchev–Trinajstić information content (AvgIpc) is 3.13. The first-order valence-electron chi connectivity index (χ1n) is 11.9. The largest absolute Gasteiger partial charge is 0.439 e. The molecule has 0 saturated heterocycles. The van der Waals surface area contributed by atoms with Crippen molar-refractivity contribution in [2.24, 2.45) is 0 Å². The van der Waals surface area contributed by atoms with Gasteiger partial charge >= 0.3 is 0 Å². The third-order valence-electron chi connectivity index (χ3n) is 6.99. The topological polar surface area (TPSA) is 35.0 Å². The molecule has 3 nitrogen and oxygen atoms in total. The molecule has 0 fully saturated rings. The van der Waals surface area contributed by atoms with Gasteiger partial charge in [-0.25, -0.2) is 4.98 Å². The highest BCUT2D eigenvalue weighted by Crippen LogP contribution is 2.32. The van der Waals surface area contributed by atoms with Crippen LogP contribution in [0.5, 0.6) is 11.6 Å². The van der Waals surface area contributed by atoms with Crippen LogP contribution < -0.4 is 20.4 Å². The Morgan fingerprint density at radius 1 is 0.686 bits per heavy atom. The molecule has 3 aromatic carbocycles. The Morgan fingerprint density at radius 3 is 2.34 bits per heavy atom. The molecule has 1 aliphatic heterocycles. The van der Waals surface area contributed by atoms with Crippen LogP contribution in [0.3, 0.4) is 0 Å². The second-order valence-electron chi connectivity index (χ2n) is 9.40. The van der Waals surface area contributed by atoms with Gasteiger partial charge in [0.2, 0.25) is 5.88 Å². The maximum Gasteiger partial charge on any atom is 0.219 e. The van der Waals surface area contributed by atoms with E-state index in [-0.39, 0.29) is 0 Å². The van der Waals surface area contributed by atoms with Crippen molar-refractivity contribution in [3.05, 3.63) is 115 Å². The quantitative estimate of drug-likeness (QED) is 0.319. The zero-order chi connectivity index (χ0) is 24.0. The van der Waals surface area contributed by atoms with Crippen molar-refractivity contribution in [2.75, 3.05) is 0 Å². The van der Waals surface area contributed by atoms with Crippen LogP contribution in [-0.4, -0.2) is 18.0 Å². The van der Waals surface area contributed by atoms with Crippen LogP contribution in [0.1, 0.15) is 11.3 Å². The smallest absolute Gasteiger partial charge is 0.219 e. The molecule has 4 heteroatoms. The minimum atomic E-state index is -2.23. The van der Waals surface area contributed by atoms with Gasteiger partial charge in [0.05, 0.1) is 0 Å². The lowest BCUT2D eigenvalue weighted by atomic mass is 10.0. The van der Waals surface area contributed by atoms with Crippen LogP contribution in [0.4, 0.5) is 0 Å². The van der Waals surface area contributed by atoms with Crippen LogP contribution in [-0.2, 0) is 0 Å². The molecule has 0 radical (unpaired) electrons. The summed E-state index contributed by atoms with van der Waals surface area (Å²) in [5, 5.41) is 4.07. The van der Waals surface area contributed by atoms with Gasteiger partial charge in [-0.1, -0.05) is 67.2 Å². The molecule has 1 atom stereocenters. The van der Waals surface area contributed by atoms with Gasteiger partial charge in [-0.2, -0.15) is 0 Å². The number of aryl methyl sites for hydroxylation is 2. The minimum Gasteiger partial charge on any atom is -0.439 e. The summed E-state index contributed by atoms with van der Waals surface area (Å²) in [6.45, 7) is 6.55. The van der Waals surface area contributed by atoms with E-state index in [0.717, 1.165) is 17.0 Å². The number of aromatic nitrogens is 2. The number of ether oxygens (including phenoxy) is 1. The molecule has 35 heavy (non-hydrogen) atoms. The lowest BCUT2D eigenvalue weighted by Crippen LogP contribution is -2.63. The normalized spacial score (nSPS) is 16.0. The second kappa shape index (κ2) is 8.33. The molecule has 1 aliphatic rings. The van der Waals surface area contributed by atoms with E-state index in [0.29, 0.717) is 5.88 Å². The first-order valence-corrected chi connectivity index (χ1v) is 14.4. The van der Waals surface area contributed by atoms with Gasteiger partial charge in [-0.3, -0.25) is 4.98 Å². The van der Waals surface area contributed by atoms with Crippen LogP contribution in [0.2, 0.25) is 6.55 Å². The highest BCUT2D eigenvalue weighted by Gasteiger charge is 2.44. The molecule has 0 spiro atoms. The predicted octanol–water partition coefficient (Wildman–Crippen LogP) is 5.63. The Hall–Kier alpha value is -4.02. The molecule has 0 N–H and O–H groups in total. The van der Waals surface area contributed by atoms with E-state index < -0.39 is 8.07 Å². The van der Waals surface area contributed by atoms with Gasteiger partial charge in [-0.05, 0) is 82.4 Å². The van der Waals surface area contributed by atoms with Crippen LogP contribution in [0, 0.1) is 13.8 Å². The summed E-state index contributed by atoms with van der Waals surface area (Å²) in [6, 6.07) is 34.2. The van der Waals surface area contributed by atoms with Crippen molar-refractivity contribution < 1.29 is 4.74 Å². The highest BCUT2D eigenvalue weighted by atomic mass is 28.3. The lowest BCUT2D eigenvalue weighted by molar-refractivity contribution is 0.462. The van der Waals surface area contributed by atoms with Gasteiger partial charge in [0.25, 0.3) is 0 Å². The molecular weight excluding hydrogens is 444 g/mol. The molecule has 0 amide bonds. The monoisotopic (exact) mass is 470 g/mol. The second-order valence-corrected chi connectivity index (χ2v) is 13.2. The summed E-state index contributed by atoms with van der Waals surface area (Å²) >= 11 is 0.